The molecule has 1 N–H and O–H groups in total. The fourth-order valence-electron chi connectivity index (χ4n) is 0. The van der Waals surface area contributed by atoms with Gasteiger partial charge in [0.2, 0.25) is 0 Å². The Hall–Kier alpha value is 0.405. The van der Waals surface area contributed by atoms with E-state index in [1.807, 2.05) is 0 Å². The predicted molar refractivity (Wildman–Crippen MR) is 24.7 cm³/mol. The van der Waals surface area contributed by atoms with Crippen molar-refractivity contribution in [2.75, 3.05) is 0 Å². The average molecular weight is 102 g/mol. The number of rotatable bonds is 1. The van der Waals surface area contributed by atoms with E-state index in [9.17, 15) is 4.79 Å². The molecule has 0 saturated heterocycles. The van der Waals surface area contributed by atoms with Crippen molar-refractivity contribution in [1.82, 2.24) is 0 Å². The summed E-state index contributed by atoms with van der Waals surface area (Å²) in [4.78, 5) is 9.60. The van der Waals surface area contributed by atoms with Gasteiger partial charge < -0.3 is 7.96 Å². The van der Waals surface area contributed by atoms with Crippen molar-refractivity contribution in [1.29, 1.82) is 0 Å². The van der Waals surface area contributed by atoms with E-state index in [-0.39, 0.29) is 46.1 Å². The molecule has 38 valence electrons. The maximum atomic E-state index is 9.60. The number of carboxylic acid groups (broad SMARTS) is 1. The molecule has 0 aromatic rings. The molecule has 2 nitrogen and oxygen atoms in total. The number of carboxylic acids is 1. The molecular weight excluding hydrogens is 93.9 g/mol. The van der Waals surface area contributed by atoms with E-state index in [0.717, 1.165) is 0 Å². The Morgan fingerprint density at radius 2 is 1.75 bits per heavy atom. The smallest absolute Gasteiger partial charge is 1.00 e. The minimum Gasteiger partial charge on any atom is -1.00 e. The van der Waals surface area contributed by atoms with Crippen LogP contribution in [-0.2, 0) is 4.79 Å². The molecule has 4 heteroatoms. The minimum absolute atomic E-state index is 0. The topological polar surface area (TPSA) is 37.3 Å². The van der Waals surface area contributed by atoms with Gasteiger partial charge in [-0.15, -0.1) is 0 Å². The van der Waals surface area contributed by atoms with Crippen molar-refractivity contribution in [3.8, 4) is 0 Å². The van der Waals surface area contributed by atoms with Gasteiger partial charge in [-0.05, 0) is 6.92 Å². The summed E-state index contributed by atoms with van der Waals surface area (Å²) >= 11 is 0. The second-order valence-corrected chi connectivity index (χ2v) is 1.09. The molecule has 8 heavy (non-hydrogen) atoms. The molecule has 0 bridgehead atoms. The van der Waals surface area contributed by atoms with Crippen LogP contribution in [0.2, 0.25) is 0 Å². The third-order valence-corrected chi connectivity index (χ3v) is 0.365. The Morgan fingerprint density at radius 3 is 1.75 bits per heavy atom. The van der Waals surface area contributed by atoms with E-state index in [1.54, 1.807) is 0 Å². The zero-order chi connectivity index (χ0) is 5.15. The van der Waals surface area contributed by atoms with Crippen LogP contribution in [0.1, 0.15) is 9.78 Å². The van der Waals surface area contributed by atoms with Crippen LogP contribution in [0.25, 0.3) is 0 Å². The number of hydrogen-bond acceptors (Lipinski definition) is 1. The first-order chi connectivity index (χ1) is 2.64. The summed E-state index contributed by atoms with van der Waals surface area (Å²) in [7, 11) is 0. The van der Waals surface area contributed by atoms with E-state index in [2.05, 4.69) is 6.58 Å². The van der Waals surface area contributed by atoms with Crippen molar-refractivity contribution >= 4 is 5.97 Å². The largest absolute Gasteiger partial charge is 1.00 e. The van der Waals surface area contributed by atoms with Gasteiger partial charge >= 0.3 is 43.7 Å². The normalized spacial score (nSPS) is 5.62. The summed E-state index contributed by atoms with van der Waals surface area (Å²) in [6.07, 6.45) is 0. The molecule has 0 heterocycles. The molecular formula is C4H8Li2O2. The molecule has 0 spiro atoms. The van der Waals surface area contributed by atoms with Gasteiger partial charge in [0.1, 0.15) is 0 Å². The maximum Gasteiger partial charge on any atom is 1.00 e. The van der Waals surface area contributed by atoms with Crippen LogP contribution in [0.3, 0.4) is 0 Å². The van der Waals surface area contributed by atoms with Crippen LogP contribution in [0, 0.1) is 0 Å². The number of carbonyl (C=O) groups is 1. The van der Waals surface area contributed by atoms with Gasteiger partial charge in [0.05, 0.1) is 0 Å². The molecule has 0 aromatic carbocycles. The first kappa shape index (κ1) is 15.8. The quantitative estimate of drug-likeness (QED) is 0.265. The van der Waals surface area contributed by atoms with Crippen molar-refractivity contribution < 1.29 is 50.5 Å². The SMILES string of the molecule is C=C(C)C(=O)O.[H-].[H-].[Li+].[Li+]. The predicted octanol–water partition coefficient (Wildman–Crippen LogP) is -5.12. The van der Waals surface area contributed by atoms with E-state index in [1.165, 1.54) is 6.92 Å². The Morgan fingerprint density at radius 1 is 1.62 bits per heavy atom. The Bertz CT molecular complexity index is 85.3. The van der Waals surface area contributed by atoms with E-state index < -0.39 is 5.97 Å². The van der Waals surface area contributed by atoms with Crippen molar-refractivity contribution in [3.05, 3.63) is 12.2 Å². The van der Waals surface area contributed by atoms with Gasteiger partial charge in [0, 0.05) is 5.57 Å². The third-order valence-electron chi connectivity index (χ3n) is 0.365. The molecule has 0 saturated carbocycles. The number of hydrogen-bond donors (Lipinski definition) is 1. The monoisotopic (exact) mass is 102 g/mol. The molecule has 0 fully saturated rings. The summed E-state index contributed by atoms with van der Waals surface area (Å²) in [5.74, 6) is -0.935. The zero-order valence-electron chi connectivity index (χ0n) is 7.56. The van der Waals surface area contributed by atoms with Gasteiger partial charge in [-0.25, -0.2) is 4.79 Å². The van der Waals surface area contributed by atoms with Crippen molar-refractivity contribution in [2.45, 2.75) is 6.92 Å². The van der Waals surface area contributed by atoms with E-state index in [4.69, 9.17) is 5.11 Å². The Kier molecular flexibility index (Phi) is 14.6. The third kappa shape index (κ3) is 9.64. The minimum atomic E-state index is -0.935. The van der Waals surface area contributed by atoms with Gasteiger partial charge in [-0.3, -0.25) is 0 Å². The second-order valence-electron chi connectivity index (χ2n) is 1.09. The first-order valence-electron chi connectivity index (χ1n) is 1.53. The summed E-state index contributed by atoms with van der Waals surface area (Å²) in [6.45, 7) is 4.60. The van der Waals surface area contributed by atoms with Crippen LogP contribution in [0.5, 0.6) is 0 Å². The second kappa shape index (κ2) is 7.40. The molecule has 0 aliphatic rings. The molecule has 0 atom stereocenters. The molecule has 0 aromatic heterocycles. The molecule has 0 rings (SSSR count). The summed E-state index contributed by atoms with van der Waals surface area (Å²) in [6, 6.07) is 0. The summed E-state index contributed by atoms with van der Waals surface area (Å²) in [5.41, 5.74) is 0.176. The van der Waals surface area contributed by atoms with Crippen LogP contribution >= 0.6 is 0 Å². The number of aliphatic carboxylic acids is 1. The standard InChI is InChI=1S/C4H6O2.2Li.2H/c1-3(2)4(5)6;;;;/h1H2,2H3,(H,5,6);;;;/q;2*+1;2*-1. The fraction of sp³-hybridized carbons (Fsp3) is 0.250. The Balaban J connectivity index is -0.0000000208. The molecule has 0 amide bonds. The average Bonchev–Trinajstić information content (AvgIpc) is 1.36. The Labute approximate surface area is 75.7 Å². The van der Waals surface area contributed by atoms with Gasteiger partial charge in [0.15, 0.2) is 0 Å². The molecule has 0 aliphatic heterocycles. The summed E-state index contributed by atoms with van der Waals surface area (Å²) < 4.78 is 0. The molecule has 0 unspecified atom stereocenters. The molecule has 0 radical (unpaired) electrons. The van der Waals surface area contributed by atoms with Crippen molar-refractivity contribution in [2.24, 2.45) is 0 Å². The van der Waals surface area contributed by atoms with Crippen LogP contribution < -0.4 is 37.7 Å². The maximum absolute atomic E-state index is 9.60. The van der Waals surface area contributed by atoms with E-state index in [0.29, 0.717) is 0 Å². The van der Waals surface area contributed by atoms with Gasteiger partial charge in [-0.1, -0.05) is 6.58 Å². The zero-order valence-corrected chi connectivity index (χ0v) is 5.56. The van der Waals surface area contributed by atoms with Gasteiger partial charge in [-0.2, -0.15) is 0 Å². The van der Waals surface area contributed by atoms with Crippen molar-refractivity contribution in [3.63, 3.8) is 0 Å². The first-order valence-corrected chi connectivity index (χ1v) is 1.53. The van der Waals surface area contributed by atoms with E-state index >= 15 is 0 Å². The van der Waals surface area contributed by atoms with Gasteiger partial charge in [0.25, 0.3) is 0 Å². The summed E-state index contributed by atoms with van der Waals surface area (Å²) in [5, 5.41) is 7.89. The van der Waals surface area contributed by atoms with Crippen LogP contribution in [0.15, 0.2) is 12.2 Å². The fourth-order valence-corrected chi connectivity index (χ4v) is 0. The molecule has 0 aliphatic carbocycles. The van der Waals surface area contributed by atoms with Crippen LogP contribution in [-0.4, -0.2) is 11.1 Å². The van der Waals surface area contributed by atoms with Crippen LogP contribution in [0.4, 0.5) is 0 Å².